The highest BCUT2D eigenvalue weighted by atomic mass is 16.6. The number of nitrogens with zero attached hydrogens (tertiary/aromatic N) is 1. The first-order valence-corrected chi connectivity index (χ1v) is 7.45. The standard InChI is InChI=1S/C15H27NO3/c1-14(2,3)19-13(18)16-9-12(10-17)15(11-16)7-5-4-6-8-15/h12,17H,4-11H2,1-3H3. The summed E-state index contributed by atoms with van der Waals surface area (Å²) in [5, 5.41) is 9.64. The highest BCUT2D eigenvalue weighted by molar-refractivity contribution is 5.68. The highest BCUT2D eigenvalue weighted by Gasteiger charge is 2.48. The summed E-state index contributed by atoms with van der Waals surface area (Å²) in [5.41, 5.74) is -0.308. The zero-order valence-corrected chi connectivity index (χ0v) is 12.4. The van der Waals surface area contributed by atoms with Crippen LogP contribution < -0.4 is 0 Å². The van der Waals surface area contributed by atoms with Crippen LogP contribution in [0.3, 0.4) is 0 Å². The Bertz CT molecular complexity index is 329. The molecule has 0 aromatic carbocycles. The lowest BCUT2D eigenvalue weighted by Crippen LogP contribution is -2.37. The predicted molar refractivity (Wildman–Crippen MR) is 73.9 cm³/mol. The van der Waals surface area contributed by atoms with E-state index in [0.717, 1.165) is 19.4 Å². The lowest BCUT2D eigenvalue weighted by molar-refractivity contribution is 0.0262. The van der Waals surface area contributed by atoms with E-state index in [2.05, 4.69) is 0 Å². The Balaban J connectivity index is 2.04. The molecule has 0 radical (unpaired) electrons. The number of hydrogen-bond acceptors (Lipinski definition) is 3. The minimum absolute atomic E-state index is 0.143. The van der Waals surface area contributed by atoms with Gasteiger partial charge in [-0.25, -0.2) is 4.79 Å². The topological polar surface area (TPSA) is 49.8 Å². The molecule has 1 saturated carbocycles. The predicted octanol–water partition coefficient (Wildman–Crippen LogP) is 2.80. The molecule has 2 fully saturated rings. The van der Waals surface area contributed by atoms with Gasteiger partial charge in [0.2, 0.25) is 0 Å². The molecule has 1 saturated heterocycles. The maximum atomic E-state index is 12.2. The van der Waals surface area contributed by atoms with Crippen molar-refractivity contribution in [2.75, 3.05) is 19.7 Å². The normalized spacial score (nSPS) is 26.7. The van der Waals surface area contributed by atoms with Crippen molar-refractivity contribution in [3.05, 3.63) is 0 Å². The molecule has 4 nitrogen and oxygen atoms in total. The minimum atomic E-state index is -0.450. The Morgan fingerprint density at radius 2 is 1.95 bits per heavy atom. The van der Waals surface area contributed by atoms with Crippen LogP contribution in [0.2, 0.25) is 0 Å². The number of rotatable bonds is 1. The van der Waals surface area contributed by atoms with E-state index in [1.807, 2.05) is 20.8 Å². The van der Waals surface area contributed by atoms with Gasteiger partial charge >= 0.3 is 6.09 Å². The van der Waals surface area contributed by atoms with E-state index in [0.29, 0.717) is 6.54 Å². The molecule has 1 spiro atoms. The number of amides is 1. The summed E-state index contributed by atoms with van der Waals surface area (Å²) >= 11 is 0. The smallest absolute Gasteiger partial charge is 0.410 e. The van der Waals surface area contributed by atoms with Gasteiger partial charge in [-0.05, 0) is 39.0 Å². The Hall–Kier alpha value is -0.770. The molecule has 0 aromatic rings. The van der Waals surface area contributed by atoms with Crippen molar-refractivity contribution >= 4 is 6.09 Å². The van der Waals surface area contributed by atoms with Gasteiger partial charge in [0.05, 0.1) is 0 Å². The third-order valence-electron chi connectivity index (χ3n) is 4.53. The summed E-state index contributed by atoms with van der Waals surface area (Å²) in [6.07, 6.45) is 5.77. The number of aliphatic hydroxyl groups is 1. The van der Waals surface area contributed by atoms with Crippen LogP contribution in [0.4, 0.5) is 4.79 Å². The van der Waals surface area contributed by atoms with Gasteiger partial charge in [-0.2, -0.15) is 0 Å². The number of ether oxygens (including phenoxy) is 1. The fourth-order valence-corrected chi connectivity index (χ4v) is 3.57. The first-order chi connectivity index (χ1) is 8.86. The Morgan fingerprint density at radius 3 is 2.47 bits per heavy atom. The molecule has 2 rings (SSSR count). The van der Waals surface area contributed by atoms with Crippen LogP contribution in [-0.4, -0.2) is 41.4 Å². The minimum Gasteiger partial charge on any atom is -0.444 e. The highest BCUT2D eigenvalue weighted by Crippen LogP contribution is 2.47. The summed E-state index contributed by atoms with van der Waals surface area (Å²) < 4.78 is 5.45. The largest absolute Gasteiger partial charge is 0.444 e. The van der Waals surface area contributed by atoms with Gasteiger partial charge in [0.15, 0.2) is 0 Å². The fraction of sp³-hybridized carbons (Fsp3) is 0.933. The van der Waals surface area contributed by atoms with Crippen LogP contribution in [-0.2, 0) is 4.74 Å². The fourth-order valence-electron chi connectivity index (χ4n) is 3.57. The van der Waals surface area contributed by atoms with E-state index in [4.69, 9.17) is 4.74 Å². The molecular weight excluding hydrogens is 242 g/mol. The number of hydrogen-bond donors (Lipinski definition) is 1. The number of carbonyl (C=O) groups excluding carboxylic acids is 1. The van der Waals surface area contributed by atoms with Gasteiger partial charge in [0.25, 0.3) is 0 Å². The van der Waals surface area contributed by atoms with Gasteiger partial charge in [-0.3, -0.25) is 0 Å². The monoisotopic (exact) mass is 269 g/mol. The molecular formula is C15H27NO3. The zero-order chi connectivity index (χ0) is 14.1. The molecule has 4 heteroatoms. The zero-order valence-electron chi connectivity index (χ0n) is 12.4. The van der Waals surface area contributed by atoms with Crippen molar-refractivity contribution in [3.8, 4) is 0 Å². The number of likely N-dealkylation sites (tertiary alicyclic amines) is 1. The first-order valence-electron chi connectivity index (χ1n) is 7.45. The van der Waals surface area contributed by atoms with Gasteiger partial charge < -0.3 is 14.7 Å². The summed E-state index contributed by atoms with van der Waals surface area (Å²) in [7, 11) is 0. The van der Waals surface area contributed by atoms with Gasteiger partial charge in [0.1, 0.15) is 5.60 Å². The van der Waals surface area contributed by atoms with E-state index >= 15 is 0 Å². The van der Waals surface area contributed by atoms with E-state index in [9.17, 15) is 9.90 Å². The summed E-state index contributed by atoms with van der Waals surface area (Å²) in [6.45, 7) is 7.25. The van der Waals surface area contributed by atoms with E-state index < -0.39 is 5.60 Å². The quantitative estimate of drug-likeness (QED) is 0.796. The van der Waals surface area contributed by atoms with Crippen LogP contribution in [0.1, 0.15) is 52.9 Å². The second-order valence-electron chi connectivity index (χ2n) is 7.16. The molecule has 110 valence electrons. The van der Waals surface area contributed by atoms with Crippen molar-refractivity contribution in [1.82, 2.24) is 4.90 Å². The second kappa shape index (κ2) is 5.31. The summed E-state index contributed by atoms with van der Waals surface area (Å²) in [4.78, 5) is 14.0. The van der Waals surface area contributed by atoms with Crippen molar-refractivity contribution in [2.24, 2.45) is 11.3 Å². The van der Waals surface area contributed by atoms with E-state index in [1.165, 1.54) is 19.3 Å². The van der Waals surface area contributed by atoms with Crippen molar-refractivity contribution < 1.29 is 14.6 Å². The van der Waals surface area contributed by atoms with Gasteiger partial charge in [-0.1, -0.05) is 19.3 Å². The molecule has 2 aliphatic rings. The molecule has 19 heavy (non-hydrogen) atoms. The molecule has 1 aliphatic carbocycles. The average Bonchev–Trinajstić information content (AvgIpc) is 2.67. The van der Waals surface area contributed by atoms with Crippen molar-refractivity contribution in [1.29, 1.82) is 0 Å². The van der Waals surface area contributed by atoms with Gasteiger partial charge in [-0.15, -0.1) is 0 Å². The second-order valence-corrected chi connectivity index (χ2v) is 7.16. The molecule has 1 atom stereocenters. The van der Waals surface area contributed by atoms with Crippen LogP contribution >= 0.6 is 0 Å². The van der Waals surface area contributed by atoms with Crippen LogP contribution in [0.25, 0.3) is 0 Å². The van der Waals surface area contributed by atoms with Crippen molar-refractivity contribution in [2.45, 2.75) is 58.5 Å². The number of carbonyl (C=O) groups is 1. The molecule has 1 unspecified atom stereocenters. The SMILES string of the molecule is CC(C)(C)OC(=O)N1CC(CO)C2(CCCCC2)C1. The Morgan fingerprint density at radius 1 is 1.32 bits per heavy atom. The van der Waals surface area contributed by atoms with Crippen LogP contribution in [0.5, 0.6) is 0 Å². The maximum Gasteiger partial charge on any atom is 0.410 e. The molecule has 0 aromatic heterocycles. The van der Waals surface area contributed by atoms with E-state index in [-0.39, 0.29) is 24.0 Å². The third-order valence-corrected chi connectivity index (χ3v) is 4.53. The Labute approximate surface area is 116 Å². The average molecular weight is 269 g/mol. The lowest BCUT2D eigenvalue weighted by Gasteiger charge is -2.37. The van der Waals surface area contributed by atoms with Crippen LogP contribution in [0, 0.1) is 11.3 Å². The molecule has 0 bridgehead atoms. The Kier molecular flexibility index (Phi) is 4.09. The number of aliphatic hydroxyl groups excluding tert-OH is 1. The molecule has 1 aliphatic heterocycles. The lowest BCUT2D eigenvalue weighted by atomic mass is 9.68. The molecule has 1 amide bonds. The molecule has 1 N–H and O–H groups in total. The van der Waals surface area contributed by atoms with Crippen LogP contribution in [0.15, 0.2) is 0 Å². The van der Waals surface area contributed by atoms with Crippen molar-refractivity contribution in [3.63, 3.8) is 0 Å². The summed E-state index contributed by atoms with van der Waals surface area (Å²) in [6, 6.07) is 0. The summed E-state index contributed by atoms with van der Waals surface area (Å²) in [5.74, 6) is 0.223. The van der Waals surface area contributed by atoms with Gasteiger partial charge in [0, 0.05) is 25.6 Å². The molecule has 1 heterocycles. The third kappa shape index (κ3) is 3.22. The first kappa shape index (κ1) is 14.6. The van der Waals surface area contributed by atoms with E-state index in [1.54, 1.807) is 4.90 Å². The maximum absolute atomic E-state index is 12.2.